The molecular weight excluding hydrogens is 229 g/mol. The minimum Gasteiger partial charge on any atom is -0.316 e. The van der Waals surface area contributed by atoms with Gasteiger partial charge < -0.3 is 5.32 Å². The molecule has 1 saturated heterocycles. The second kappa shape index (κ2) is 5.20. The number of rotatable bonds is 2. The molecule has 1 N–H and O–H groups in total. The molecule has 15 heavy (non-hydrogen) atoms. The highest BCUT2D eigenvalue weighted by Crippen LogP contribution is 2.25. The quantitative estimate of drug-likeness (QED) is 0.839. The summed E-state index contributed by atoms with van der Waals surface area (Å²) in [4.78, 5) is 0. The summed E-state index contributed by atoms with van der Waals surface area (Å²) in [5, 5.41) is 4.73. The van der Waals surface area contributed by atoms with Gasteiger partial charge in [-0.05, 0) is 56.0 Å². The Labute approximate surface area is 101 Å². The lowest BCUT2D eigenvalue weighted by Gasteiger charge is -2.22. The van der Waals surface area contributed by atoms with Crippen LogP contribution in [0.25, 0.3) is 0 Å². The van der Waals surface area contributed by atoms with Crippen molar-refractivity contribution >= 4 is 23.2 Å². The van der Waals surface area contributed by atoms with Gasteiger partial charge in [0.15, 0.2) is 0 Å². The number of hydrogen-bond donors (Lipinski definition) is 1. The van der Waals surface area contributed by atoms with Crippen molar-refractivity contribution in [2.45, 2.75) is 19.3 Å². The summed E-state index contributed by atoms with van der Waals surface area (Å²) >= 11 is 11.9. The van der Waals surface area contributed by atoms with E-state index in [4.69, 9.17) is 23.2 Å². The second-order valence-electron chi connectivity index (χ2n) is 4.16. The van der Waals surface area contributed by atoms with Gasteiger partial charge in [0, 0.05) is 0 Å². The standard InChI is InChI=1S/C12H15Cl2N/c13-11-4-3-9(7-12(11)14)6-10-2-1-5-15-8-10/h3-4,7,10,15H,1-2,5-6,8H2. The molecule has 0 bridgehead atoms. The zero-order chi connectivity index (χ0) is 10.7. The summed E-state index contributed by atoms with van der Waals surface area (Å²) in [7, 11) is 0. The van der Waals surface area contributed by atoms with Crippen molar-refractivity contribution in [2.24, 2.45) is 5.92 Å². The zero-order valence-electron chi connectivity index (χ0n) is 8.60. The van der Waals surface area contributed by atoms with E-state index in [1.54, 1.807) is 0 Å². The number of nitrogens with one attached hydrogen (secondary N) is 1. The van der Waals surface area contributed by atoms with Gasteiger partial charge in [-0.1, -0.05) is 29.3 Å². The van der Waals surface area contributed by atoms with Crippen LogP contribution in [0.5, 0.6) is 0 Å². The Kier molecular flexibility index (Phi) is 3.90. The molecule has 1 aliphatic rings. The van der Waals surface area contributed by atoms with E-state index in [1.165, 1.54) is 18.4 Å². The molecule has 1 aromatic rings. The molecule has 0 saturated carbocycles. The van der Waals surface area contributed by atoms with E-state index in [2.05, 4.69) is 11.4 Å². The third-order valence-electron chi connectivity index (χ3n) is 2.91. The summed E-state index contributed by atoms with van der Waals surface area (Å²) in [6.45, 7) is 2.29. The van der Waals surface area contributed by atoms with Crippen molar-refractivity contribution in [1.29, 1.82) is 0 Å². The maximum atomic E-state index is 5.98. The molecule has 0 spiro atoms. The van der Waals surface area contributed by atoms with Crippen LogP contribution >= 0.6 is 23.2 Å². The van der Waals surface area contributed by atoms with Crippen molar-refractivity contribution < 1.29 is 0 Å². The third-order valence-corrected chi connectivity index (χ3v) is 3.65. The van der Waals surface area contributed by atoms with Crippen LogP contribution in [0, 0.1) is 5.92 Å². The average Bonchev–Trinajstić information content (AvgIpc) is 2.25. The molecule has 1 unspecified atom stereocenters. The number of hydrogen-bond acceptors (Lipinski definition) is 1. The van der Waals surface area contributed by atoms with Gasteiger partial charge in [0.2, 0.25) is 0 Å². The largest absolute Gasteiger partial charge is 0.316 e. The van der Waals surface area contributed by atoms with Crippen molar-refractivity contribution in [3.05, 3.63) is 33.8 Å². The van der Waals surface area contributed by atoms with Crippen LogP contribution in [0.15, 0.2) is 18.2 Å². The summed E-state index contributed by atoms with van der Waals surface area (Å²) < 4.78 is 0. The Morgan fingerprint density at radius 1 is 1.27 bits per heavy atom. The first-order valence-electron chi connectivity index (χ1n) is 5.40. The Balaban J connectivity index is 2.00. The van der Waals surface area contributed by atoms with Crippen LogP contribution in [0.3, 0.4) is 0 Å². The van der Waals surface area contributed by atoms with Crippen LogP contribution in [0.2, 0.25) is 10.0 Å². The first-order valence-corrected chi connectivity index (χ1v) is 6.16. The molecule has 0 aliphatic carbocycles. The highest BCUT2D eigenvalue weighted by molar-refractivity contribution is 6.42. The van der Waals surface area contributed by atoms with Crippen molar-refractivity contribution in [3.63, 3.8) is 0 Å². The van der Waals surface area contributed by atoms with Crippen LogP contribution < -0.4 is 5.32 Å². The van der Waals surface area contributed by atoms with E-state index >= 15 is 0 Å². The fourth-order valence-corrected chi connectivity index (χ4v) is 2.42. The SMILES string of the molecule is Clc1ccc(CC2CCCNC2)cc1Cl. The van der Waals surface area contributed by atoms with Crippen molar-refractivity contribution in [3.8, 4) is 0 Å². The van der Waals surface area contributed by atoms with E-state index in [9.17, 15) is 0 Å². The monoisotopic (exact) mass is 243 g/mol. The van der Waals surface area contributed by atoms with Gasteiger partial charge in [-0.15, -0.1) is 0 Å². The first-order chi connectivity index (χ1) is 7.25. The molecule has 0 amide bonds. The highest BCUT2D eigenvalue weighted by Gasteiger charge is 2.13. The Morgan fingerprint density at radius 2 is 2.13 bits per heavy atom. The van der Waals surface area contributed by atoms with E-state index in [-0.39, 0.29) is 0 Å². The number of piperidine rings is 1. The average molecular weight is 244 g/mol. The topological polar surface area (TPSA) is 12.0 Å². The maximum Gasteiger partial charge on any atom is 0.0595 e. The molecule has 3 heteroatoms. The smallest absolute Gasteiger partial charge is 0.0595 e. The molecule has 0 aromatic heterocycles. The van der Waals surface area contributed by atoms with E-state index < -0.39 is 0 Å². The van der Waals surface area contributed by atoms with E-state index in [0.29, 0.717) is 10.0 Å². The fraction of sp³-hybridized carbons (Fsp3) is 0.500. The predicted octanol–water partition coefficient (Wildman–Crippen LogP) is 3.54. The predicted molar refractivity (Wildman–Crippen MR) is 65.8 cm³/mol. The third kappa shape index (κ3) is 3.10. The molecule has 1 atom stereocenters. The Hall–Kier alpha value is -0.240. The maximum absolute atomic E-state index is 5.98. The van der Waals surface area contributed by atoms with Crippen LogP contribution in [0.1, 0.15) is 18.4 Å². The summed E-state index contributed by atoms with van der Waals surface area (Å²) in [6.07, 6.45) is 3.70. The molecule has 1 aromatic carbocycles. The van der Waals surface area contributed by atoms with Crippen molar-refractivity contribution in [2.75, 3.05) is 13.1 Å². The van der Waals surface area contributed by atoms with E-state index in [1.807, 2.05) is 12.1 Å². The summed E-state index contributed by atoms with van der Waals surface area (Å²) in [5.41, 5.74) is 1.29. The Morgan fingerprint density at radius 3 is 2.80 bits per heavy atom. The fourth-order valence-electron chi connectivity index (χ4n) is 2.10. The molecule has 2 rings (SSSR count). The molecule has 1 heterocycles. The normalized spacial score (nSPS) is 21.6. The van der Waals surface area contributed by atoms with Gasteiger partial charge in [0.1, 0.15) is 0 Å². The highest BCUT2D eigenvalue weighted by atomic mass is 35.5. The van der Waals surface area contributed by atoms with Gasteiger partial charge in [-0.2, -0.15) is 0 Å². The van der Waals surface area contributed by atoms with Crippen LogP contribution in [-0.4, -0.2) is 13.1 Å². The van der Waals surface area contributed by atoms with Gasteiger partial charge in [0.05, 0.1) is 10.0 Å². The number of benzene rings is 1. The van der Waals surface area contributed by atoms with Crippen LogP contribution in [0.4, 0.5) is 0 Å². The molecular formula is C12H15Cl2N. The van der Waals surface area contributed by atoms with Gasteiger partial charge >= 0.3 is 0 Å². The lowest BCUT2D eigenvalue weighted by Crippen LogP contribution is -2.30. The molecule has 82 valence electrons. The van der Waals surface area contributed by atoms with Gasteiger partial charge in [0.25, 0.3) is 0 Å². The van der Waals surface area contributed by atoms with Crippen LogP contribution in [-0.2, 0) is 6.42 Å². The molecule has 1 nitrogen and oxygen atoms in total. The first kappa shape index (κ1) is 11.3. The van der Waals surface area contributed by atoms with E-state index in [0.717, 1.165) is 25.4 Å². The van der Waals surface area contributed by atoms with Gasteiger partial charge in [-0.3, -0.25) is 0 Å². The zero-order valence-corrected chi connectivity index (χ0v) is 10.1. The second-order valence-corrected chi connectivity index (χ2v) is 4.98. The molecule has 1 aliphatic heterocycles. The summed E-state index contributed by atoms with van der Waals surface area (Å²) in [5.74, 6) is 0.746. The minimum atomic E-state index is 0.641. The van der Waals surface area contributed by atoms with Gasteiger partial charge in [-0.25, -0.2) is 0 Å². The Bertz CT molecular complexity index is 332. The summed E-state index contributed by atoms with van der Waals surface area (Å²) in [6, 6.07) is 5.94. The lowest BCUT2D eigenvalue weighted by molar-refractivity contribution is 0.376. The number of halogens is 2. The van der Waals surface area contributed by atoms with Crippen molar-refractivity contribution in [1.82, 2.24) is 5.32 Å². The minimum absolute atomic E-state index is 0.641. The molecule has 1 fully saturated rings. The lowest BCUT2D eigenvalue weighted by atomic mass is 9.92. The molecule has 0 radical (unpaired) electrons.